The number of amides is 1. The molecule has 0 atom stereocenters. The van der Waals surface area contributed by atoms with E-state index < -0.39 is 5.82 Å². The molecule has 21 heavy (non-hydrogen) atoms. The molecule has 5 nitrogen and oxygen atoms in total. The Morgan fingerprint density at radius 2 is 2.24 bits per heavy atom. The van der Waals surface area contributed by atoms with Crippen molar-refractivity contribution >= 4 is 38.8 Å². The number of anilines is 2. The Morgan fingerprint density at radius 1 is 1.48 bits per heavy atom. The van der Waals surface area contributed by atoms with E-state index >= 15 is 0 Å². The van der Waals surface area contributed by atoms with Gasteiger partial charge in [0.05, 0.1) is 16.8 Å². The van der Waals surface area contributed by atoms with Crippen LogP contribution in [0.3, 0.4) is 0 Å². The summed E-state index contributed by atoms with van der Waals surface area (Å²) in [6, 6.07) is 5.73. The number of nitrogens with one attached hydrogen (secondary N) is 1. The summed E-state index contributed by atoms with van der Waals surface area (Å²) in [6.45, 7) is 1.85. The van der Waals surface area contributed by atoms with Gasteiger partial charge in [-0.2, -0.15) is 5.10 Å². The van der Waals surface area contributed by atoms with Crippen LogP contribution in [0.2, 0.25) is 0 Å². The fraction of sp³-hybridized carbons (Fsp3) is 0.143. The largest absolute Gasteiger partial charge is 0.397 e. The van der Waals surface area contributed by atoms with Gasteiger partial charge in [0.1, 0.15) is 15.5 Å². The van der Waals surface area contributed by atoms with Crippen molar-refractivity contribution < 1.29 is 9.18 Å². The van der Waals surface area contributed by atoms with Gasteiger partial charge in [0.25, 0.3) is 5.91 Å². The van der Waals surface area contributed by atoms with Crippen molar-refractivity contribution in [2.24, 2.45) is 7.05 Å². The molecule has 2 aromatic heterocycles. The van der Waals surface area contributed by atoms with Crippen molar-refractivity contribution in [2.75, 3.05) is 11.1 Å². The summed E-state index contributed by atoms with van der Waals surface area (Å²) in [6.07, 6.45) is 0. The normalized spacial score (nSPS) is 11.0. The minimum Gasteiger partial charge on any atom is -0.397 e. The second kappa shape index (κ2) is 4.85. The summed E-state index contributed by atoms with van der Waals surface area (Å²) in [4.78, 5) is 13.6. The summed E-state index contributed by atoms with van der Waals surface area (Å²) < 4.78 is 14.8. The Hall–Kier alpha value is -2.41. The molecule has 3 rings (SSSR count). The second-order valence-electron chi connectivity index (χ2n) is 4.70. The molecule has 0 aliphatic carbocycles. The third kappa shape index (κ3) is 2.25. The van der Waals surface area contributed by atoms with E-state index in [1.807, 2.05) is 6.92 Å². The maximum absolute atomic E-state index is 13.1. The van der Waals surface area contributed by atoms with E-state index in [0.29, 0.717) is 16.3 Å². The zero-order valence-corrected chi connectivity index (χ0v) is 12.3. The van der Waals surface area contributed by atoms with E-state index in [1.54, 1.807) is 17.8 Å². The second-order valence-corrected chi connectivity index (χ2v) is 5.70. The fourth-order valence-electron chi connectivity index (χ4n) is 2.25. The van der Waals surface area contributed by atoms with E-state index in [1.165, 1.54) is 29.5 Å². The van der Waals surface area contributed by atoms with Crippen molar-refractivity contribution in [1.82, 2.24) is 9.78 Å². The topological polar surface area (TPSA) is 72.9 Å². The molecule has 0 radical (unpaired) electrons. The van der Waals surface area contributed by atoms with Crippen LogP contribution in [-0.2, 0) is 7.05 Å². The van der Waals surface area contributed by atoms with Gasteiger partial charge in [0.15, 0.2) is 0 Å². The molecule has 7 heteroatoms. The lowest BCUT2D eigenvalue weighted by atomic mass is 10.2. The van der Waals surface area contributed by atoms with Gasteiger partial charge in [-0.15, -0.1) is 11.3 Å². The third-order valence-corrected chi connectivity index (χ3v) is 4.44. The van der Waals surface area contributed by atoms with Gasteiger partial charge >= 0.3 is 0 Å². The quantitative estimate of drug-likeness (QED) is 0.764. The number of carbonyl (C=O) groups excluding carboxylic acids is 1. The molecule has 0 aliphatic rings. The number of aryl methyl sites for hydroxylation is 2. The van der Waals surface area contributed by atoms with E-state index in [2.05, 4.69) is 10.4 Å². The average Bonchev–Trinajstić information content (AvgIpc) is 2.89. The number of thiophene rings is 1. The number of hydrogen-bond donors (Lipinski definition) is 2. The fourth-order valence-corrected chi connectivity index (χ4v) is 3.33. The molecule has 0 saturated heterocycles. The molecule has 2 heterocycles. The van der Waals surface area contributed by atoms with E-state index in [-0.39, 0.29) is 5.91 Å². The van der Waals surface area contributed by atoms with E-state index in [9.17, 15) is 9.18 Å². The maximum atomic E-state index is 13.1. The first-order valence-corrected chi connectivity index (χ1v) is 7.07. The molecule has 0 fully saturated rings. The smallest absolute Gasteiger partial charge is 0.267 e. The molecule has 0 saturated carbocycles. The molecule has 1 amide bonds. The lowest BCUT2D eigenvalue weighted by molar-refractivity contribution is 0.103. The van der Waals surface area contributed by atoms with Crippen LogP contribution >= 0.6 is 11.3 Å². The van der Waals surface area contributed by atoms with Gasteiger partial charge in [-0.3, -0.25) is 9.48 Å². The summed E-state index contributed by atoms with van der Waals surface area (Å²) in [7, 11) is 1.81. The van der Waals surface area contributed by atoms with Gasteiger partial charge in [-0.1, -0.05) is 6.07 Å². The number of fused-ring (bicyclic) bond motifs is 1. The summed E-state index contributed by atoms with van der Waals surface area (Å²) in [5.74, 6) is -0.754. The predicted octanol–water partition coefficient (Wildman–Crippen LogP) is 2.92. The third-order valence-electron chi connectivity index (χ3n) is 3.17. The number of aromatic nitrogens is 2. The van der Waals surface area contributed by atoms with Crippen LogP contribution in [0.1, 0.15) is 15.4 Å². The van der Waals surface area contributed by atoms with Crippen LogP contribution < -0.4 is 11.1 Å². The molecular formula is C14H13FN4OS. The number of carbonyl (C=O) groups is 1. The Bertz CT molecular complexity index is 852. The first-order valence-electron chi connectivity index (χ1n) is 6.26. The first kappa shape index (κ1) is 13.6. The number of nitrogens with zero attached hydrogens (tertiary/aromatic N) is 2. The number of nitrogen functional groups attached to an aromatic ring is 1. The highest BCUT2D eigenvalue weighted by Gasteiger charge is 2.21. The van der Waals surface area contributed by atoms with Crippen molar-refractivity contribution in [3.8, 4) is 0 Å². The van der Waals surface area contributed by atoms with Crippen molar-refractivity contribution in [3.05, 3.63) is 40.7 Å². The first-order chi connectivity index (χ1) is 9.97. The maximum Gasteiger partial charge on any atom is 0.267 e. The molecule has 0 aliphatic heterocycles. The highest BCUT2D eigenvalue weighted by atomic mass is 32.1. The number of nitrogens with two attached hydrogens (primary N) is 1. The molecule has 3 aromatic rings. The molecule has 0 spiro atoms. The van der Waals surface area contributed by atoms with Crippen LogP contribution in [0, 0.1) is 12.7 Å². The lowest BCUT2D eigenvalue weighted by Crippen LogP contribution is -2.12. The number of hydrogen-bond acceptors (Lipinski definition) is 4. The van der Waals surface area contributed by atoms with Gasteiger partial charge in [0.2, 0.25) is 0 Å². The number of benzene rings is 1. The van der Waals surface area contributed by atoms with Crippen LogP contribution in [0.15, 0.2) is 24.3 Å². The van der Waals surface area contributed by atoms with E-state index in [0.717, 1.165) is 15.9 Å². The molecule has 0 unspecified atom stereocenters. The van der Waals surface area contributed by atoms with Gasteiger partial charge in [-0.25, -0.2) is 4.39 Å². The van der Waals surface area contributed by atoms with Gasteiger partial charge < -0.3 is 11.1 Å². The number of halogens is 1. The monoisotopic (exact) mass is 304 g/mol. The predicted molar refractivity (Wildman–Crippen MR) is 82.1 cm³/mol. The molecule has 108 valence electrons. The SMILES string of the molecule is Cc1nn(C)c2sc(C(=O)Nc3cccc(F)c3)c(N)c12. The molecular weight excluding hydrogens is 291 g/mol. The standard InChI is InChI=1S/C14H13FN4OS/c1-7-10-11(16)12(21-14(10)19(2)18-7)13(20)17-9-5-3-4-8(15)6-9/h3-6H,16H2,1-2H3,(H,17,20). The van der Waals surface area contributed by atoms with Crippen molar-refractivity contribution in [1.29, 1.82) is 0 Å². The van der Waals surface area contributed by atoms with E-state index in [4.69, 9.17) is 5.73 Å². The van der Waals surface area contributed by atoms with Crippen LogP contribution in [0.25, 0.3) is 10.2 Å². The van der Waals surface area contributed by atoms with Crippen LogP contribution in [0.5, 0.6) is 0 Å². The Balaban J connectivity index is 1.98. The molecule has 1 aromatic carbocycles. The summed E-state index contributed by atoms with van der Waals surface area (Å²) in [5, 5.41) is 7.72. The summed E-state index contributed by atoms with van der Waals surface area (Å²) in [5.41, 5.74) is 7.65. The highest BCUT2D eigenvalue weighted by Crippen LogP contribution is 2.35. The zero-order valence-electron chi connectivity index (χ0n) is 11.5. The minimum absolute atomic E-state index is 0.348. The Labute approximate surface area is 124 Å². The number of rotatable bonds is 2. The van der Waals surface area contributed by atoms with Gasteiger partial charge in [-0.05, 0) is 25.1 Å². The lowest BCUT2D eigenvalue weighted by Gasteiger charge is -2.04. The van der Waals surface area contributed by atoms with Crippen LogP contribution in [0.4, 0.5) is 15.8 Å². The Kier molecular flexibility index (Phi) is 3.13. The minimum atomic E-state index is -0.405. The van der Waals surface area contributed by atoms with Crippen LogP contribution in [-0.4, -0.2) is 15.7 Å². The summed E-state index contributed by atoms with van der Waals surface area (Å²) >= 11 is 1.27. The molecule has 3 N–H and O–H groups in total. The molecule has 0 bridgehead atoms. The highest BCUT2D eigenvalue weighted by molar-refractivity contribution is 7.21. The van der Waals surface area contributed by atoms with Crippen molar-refractivity contribution in [2.45, 2.75) is 6.92 Å². The Morgan fingerprint density at radius 3 is 2.90 bits per heavy atom. The zero-order chi connectivity index (χ0) is 15.1. The average molecular weight is 304 g/mol. The van der Waals surface area contributed by atoms with Crippen molar-refractivity contribution in [3.63, 3.8) is 0 Å². The van der Waals surface area contributed by atoms with Gasteiger partial charge in [0, 0.05) is 12.7 Å².